The van der Waals surface area contributed by atoms with E-state index in [2.05, 4.69) is 20.4 Å². The predicted octanol–water partition coefficient (Wildman–Crippen LogP) is 4.26. The molecule has 0 unspecified atom stereocenters. The number of morpholine rings is 1. The number of aromatic nitrogens is 1. The fraction of sp³-hybridized carbons (Fsp3) is 0.343. The van der Waals surface area contributed by atoms with Gasteiger partial charge in [0.15, 0.2) is 22.4 Å². The number of fused-ring (bicyclic) bond motifs is 5. The number of benzene rings is 3. The van der Waals surface area contributed by atoms with E-state index in [1.807, 2.05) is 38.4 Å². The Bertz CT molecular complexity index is 2220. The highest BCUT2D eigenvalue weighted by atomic mass is 19.1. The fourth-order valence-electron chi connectivity index (χ4n) is 6.48. The van der Waals surface area contributed by atoms with E-state index in [9.17, 15) is 14.4 Å². The third kappa shape index (κ3) is 5.34. The zero-order chi connectivity index (χ0) is 31.9. The van der Waals surface area contributed by atoms with Gasteiger partial charge >= 0.3 is 0 Å². The predicted molar refractivity (Wildman–Crippen MR) is 179 cm³/mol. The number of amides is 1. The topological polar surface area (TPSA) is 109 Å². The van der Waals surface area contributed by atoms with E-state index in [0.29, 0.717) is 60.2 Å². The number of nitrogens with zero attached hydrogens (tertiary/aromatic N) is 3. The highest BCUT2D eigenvalue weighted by molar-refractivity contribution is 6.15. The van der Waals surface area contributed by atoms with Crippen LogP contribution in [0.4, 0.5) is 10.1 Å². The molecular formula is C35H36FN5O5. The number of anilines is 1. The summed E-state index contributed by atoms with van der Waals surface area (Å²) in [5.41, 5.74) is 0.715. The fourth-order valence-corrected chi connectivity index (χ4v) is 6.48. The van der Waals surface area contributed by atoms with E-state index in [4.69, 9.17) is 9.15 Å². The van der Waals surface area contributed by atoms with Crippen molar-refractivity contribution in [1.29, 1.82) is 0 Å². The second-order valence-corrected chi connectivity index (χ2v) is 12.2. The number of unbranched alkanes of at least 4 members (excludes halogenated alkanes) is 1. The van der Waals surface area contributed by atoms with Gasteiger partial charge in [-0.25, -0.2) is 4.39 Å². The molecule has 0 atom stereocenters. The zero-order valence-corrected chi connectivity index (χ0v) is 26.0. The van der Waals surface area contributed by atoms with Crippen molar-refractivity contribution in [2.75, 3.05) is 71.9 Å². The van der Waals surface area contributed by atoms with Crippen molar-refractivity contribution in [2.24, 2.45) is 0 Å². The Morgan fingerprint density at radius 1 is 0.935 bits per heavy atom. The summed E-state index contributed by atoms with van der Waals surface area (Å²) in [7, 11) is 4.01. The van der Waals surface area contributed by atoms with Gasteiger partial charge in [-0.15, -0.1) is 0 Å². The van der Waals surface area contributed by atoms with Gasteiger partial charge in [0.1, 0.15) is 16.8 Å². The smallest absolute Gasteiger partial charge is 0.256 e. The molecule has 7 rings (SSSR count). The van der Waals surface area contributed by atoms with Crippen molar-refractivity contribution in [3.8, 4) is 0 Å². The van der Waals surface area contributed by atoms with Crippen LogP contribution >= 0.6 is 0 Å². The molecular weight excluding hydrogens is 589 g/mol. The normalized spacial score (nSPS) is 14.4. The van der Waals surface area contributed by atoms with Crippen LogP contribution in [0.1, 0.15) is 23.2 Å². The summed E-state index contributed by atoms with van der Waals surface area (Å²) < 4.78 is 29.3. The average molecular weight is 626 g/mol. The van der Waals surface area contributed by atoms with Crippen molar-refractivity contribution in [3.05, 3.63) is 80.5 Å². The van der Waals surface area contributed by atoms with Crippen LogP contribution in [0.5, 0.6) is 0 Å². The monoisotopic (exact) mass is 625 g/mol. The maximum absolute atomic E-state index is 15.8. The van der Waals surface area contributed by atoms with Crippen molar-refractivity contribution in [2.45, 2.75) is 12.8 Å². The van der Waals surface area contributed by atoms with E-state index in [1.165, 1.54) is 12.3 Å². The maximum Gasteiger partial charge on any atom is 0.256 e. The molecule has 1 aliphatic heterocycles. The third-order valence-corrected chi connectivity index (χ3v) is 8.87. The average Bonchev–Trinajstić information content (AvgIpc) is 3.33. The summed E-state index contributed by atoms with van der Waals surface area (Å²) in [6.45, 7) is 5.20. The van der Waals surface area contributed by atoms with Crippen molar-refractivity contribution < 1.29 is 18.3 Å². The van der Waals surface area contributed by atoms with Crippen molar-refractivity contribution in [3.63, 3.8) is 0 Å². The van der Waals surface area contributed by atoms with E-state index in [1.54, 1.807) is 16.5 Å². The zero-order valence-electron chi connectivity index (χ0n) is 26.0. The van der Waals surface area contributed by atoms with Crippen molar-refractivity contribution >= 4 is 60.7 Å². The van der Waals surface area contributed by atoms with E-state index in [-0.39, 0.29) is 27.6 Å². The lowest BCUT2D eigenvalue weighted by atomic mass is 10.1. The van der Waals surface area contributed by atoms with Crippen molar-refractivity contribution in [1.82, 2.24) is 19.5 Å². The number of carbonyl (C=O) groups excluding carboxylic acids is 1. The van der Waals surface area contributed by atoms with Gasteiger partial charge in [-0.1, -0.05) is 24.3 Å². The first-order chi connectivity index (χ1) is 22.3. The lowest BCUT2D eigenvalue weighted by Gasteiger charge is -2.26. The van der Waals surface area contributed by atoms with Gasteiger partial charge in [0.05, 0.1) is 24.1 Å². The molecule has 1 aliphatic rings. The highest BCUT2D eigenvalue weighted by Gasteiger charge is 2.24. The standard InChI is InChI=1S/C35H36FN5O5/c1-39(2)11-6-5-9-37-30-27(36)17-25-31-34(30)46-29-19-24-23(21-7-3-4-8-22(21)32(24)42)18-28(29)41(31)20-26(33(25)43)35(44)38-10-12-40-13-15-45-16-14-40/h3-4,7-8,17-20,37H,5-6,9-16H2,1-2H3,(H,38,44). The Hall–Kier alpha value is -4.58. The summed E-state index contributed by atoms with van der Waals surface area (Å²) in [4.78, 5) is 44.9. The van der Waals surface area contributed by atoms with Crippen LogP contribution in [0.2, 0.25) is 0 Å². The summed E-state index contributed by atoms with van der Waals surface area (Å²) >= 11 is 0. The Morgan fingerprint density at radius 2 is 1.72 bits per heavy atom. The number of pyridine rings is 1. The molecule has 46 heavy (non-hydrogen) atoms. The molecule has 1 amide bonds. The molecule has 0 spiro atoms. The van der Waals surface area contributed by atoms with Gasteiger partial charge in [-0.2, -0.15) is 0 Å². The molecule has 0 bridgehead atoms. The third-order valence-electron chi connectivity index (χ3n) is 8.87. The van der Waals surface area contributed by atoms with Crippen LogP contribution in [-0.2, 0) is 4.74 Å². The highest BCUT2D eigenvalue weighted by Crippen LogP contribution is 2.36. The number of ether oxygens (including phenoxy) is 1. The van der Waals surface area contributed by atoms with E-state index < -0.39 is 17.2 Å². The molecule has 1 saturated heterocycles. The van der Waals surface area contributed by atoms with Crippen LogP contribution in [-0.4, -0.2) is 86.7 Å². The second kappa shape index (κ2) is 12.3. The quantitative estimate of drug-likeness (QED) is 0.132. The SMILES string of the molecule is CN(C)CCCCNc1c(F)cc2c(=O)c(C(=O)NCCN3CCOCC3)cn3c4cc5c(cc4oc1c23)c(=O)c1ccccc15. The summed E-state index contributed by atoms with van der Waals surface area (Å²) in [6, 6.07) is 12.1. The minimum Gasteiger partial charge on any atom is -0.451 e. The number of carbonyl (C=O) groups is 1. The lowest BCUT2D eigenvalue weighted by Crippen LogP contribution is -2.42. The lowest BCUT2D eigenvalue weighted by molar-refractivity contribution is 0.0383. The molecule has 10 nitrogen and oxygen atoms in total. The van der Waals surface area contributed by atoms with E-state index in [0.717, 1.165) is 43.2 Å². The summed E-state index contributed by atoms with van der Waals surface area (Å²) in [6.07, 6.45) is 3.22. The van der Waals surface area contributed by atoms with Crippen LogP contribution in [0.3, 0.4) is 0 Å². The Labute approximate surface area is 263 Å². The molecule has 0 radical (unpaired) electrons. The second-order valence-electron chi connectivity index (χ2n) is 12.2. The molecule has 1 fully saturated rings. The largest absolute Gasteiger partial charge is 0.451 e. The molecule has 2 aromatic heterocycles. The Kier molecular flexibility index (Phi) is 8.06. The molecule has 4 aromatic carbocycles. The number of halogens is 1. The van der Waals surface area contributed by atoms with Crippen LogP contribution in [0, 0.1) is 5.82 Å². The Morgan fingerprint density at radius 3 is 2.50 bits per heavy atom. The summed E-state index contributed by atoms with van der Waals surface area (Å²) in [5.74, 6) is -1.19. The van der Waals surface area contributed by atoms with Gasteiger partial charge < -0.3 is 29.1 Å². The maximum atomic E-state index is 15.8. The minimum atomic E-state index is -0.656. The van der Waals surface area contributed by atoms with Gasteiger partial charge in [0.25, 0.3) is 5.91 Å². The molecule has 238 valence electrons. The van der Waals surface area contributed by atoms with E-state index >= 15 is 4.39 Å². The number of rotatable bonds is 10. The van der Waals surface area contributed by atoms with Crippen LogP contribution in [0.25, 0.3) is 49.1 Å². The van der Waals surface area contributed by atoms with Crippen LogP contribution < -0.4 is 21.5 Å². The summed E-state index contributed by atoms with van der Waals surface area (Å²) in [5, 5.41) is 8.70. The number of hydrogen-bond acceptors (Lipinski definition) is 8. The van der Waals surface area contributed by atoms with Gasteiger partial charge in [0, 0.05) is 49.7 Å². The minimum absolute atomic E-state index is 0.0362. The Balaban J connectivity index is 1.39. The van der Waals surface area contributed by atoms with Gasteiger partial charge in [0.2, 0.25) is 5.43 Å². The van der Waals surface area contributed by atoms with Gasteiger partial charge in [-0.05, 0) is 62.5 Å². The van der Waals surface area contributed by atoms with Gasteiger partial charge in [-0.3, -0.25) is 19.3 Å². The molecule has 11 heteroatoms. The molecule has 6 aromatic rings. The van der Waals surface area contributed by atoms with Crippen LogP contribution in [0.15, 0.2) is 62.7 Å². The molecule has 3 heterocycles. The molecule has 0 saturated carbocycles. The first-order valence-corrected chi connectivity index (χ1v) is 15.7. The first kappa shape index (κ1) is 30.1. The first-order valence-electron chi connectivity index (χ1n) is 15.7. The molecule has 0 aliphatic carbocycles. The number of nitrogens with one attached hydrogen (secondary N) is 2. The molecule has 2 N–H and O–H groups in total. The number of hydrogen-bond donors (Lipinski definition) is 2.